The second-order valence-corrected chi connectivity index (χ2v) is 5.66. The fourth-order valence-electron chi connectivity index (χ4n) is 1.29. The lowest BCUT2D eigenvalue weighted by Gasteiger charge is -2.02. The average Bonchev–Trinajstić information content (AvgIpc) is 2.44. The predicted molar refractivity (Wildman–Crippen MR) is 61.4 cm³/mol. The number of nitrogens with zero attached hydrogens (tertiary/aromatic N) is 1. The predicted octanol–water partition coefficient (Wildman–Crippen LogP) is 2.32. The molecule has 5 heteroatoms. The summed E-state index contributed by atoms with van der Waals surface area (Å²) in [6, 6.07) is 7.17. The fourth-order valence-corrected chi connectivity index (χ4v) is 2.60. The van der Waals surface area contributed by atoms with Crippen molar-refractivity contribution in [2.24, 2.45) is 4.99 Å². The Labute approximate surface area is 93.0 Å². The first kappa shape index (κ1) is 10.4. The van der Waals surface area contributed by atoms with Gasteiger partial charge in [0.15, 0.2) is 0 Å². The number of aryl methyl sites for hydroxylation is 1. The lowest BCUT2D eigenvalue weighted by atomic mass is 10.1. The summed E-state index contributed by atoms with van der Waals surface area (Å²) >= 11 is 5.49. The summed E-state index contributed by atoms with van der Waals surface area (Å²) in [5, 5.41) is 0. The summed E-state index contributed by atoms with van der Waals surface area (Å²) < 4.78 is 22.9. The van der Waals surface area contributed by atoms with E-state index in [2.05, 4.69) is 4.99 Å². The third-order valence-corrected chi connectivity index (χ3v) is 4.31. The smallest absolute Gasteiger partial charge is 0.232 e. The zero-order chi connectivity index (χ0) is 11.1. The largest absolute Gasteiger partial charge is 0.237 e. The van der Waals surface area contributed by atoms with Crippen LogP contribution in [0.4, 0.5) is 0 Å². The van der Waals surface area contributed by atoms with E-state index >= 15 is 0 Å². The van der Waals surface area contributed by atoms with Crippen molar-refractivity contribution in [3.63, 3.8) is 0 Å². The number of hydrogen-bond acceptors (Lipinski definition) is 3. The molecule has 0 bridgehead atoms. The van der Waals surface area contributed by atoms with Crippen molar-refractivity contribution in [3.8, 4) is 0 Å². The minimum Gasteiger partial charge on any atom is -0.232 e. The number of hydrogen-bond donors (Lipinski definition) is 0. The van der Waals surface area contributed by atoms with Gasteiger partial charge < -0.3 is 0 Å². The van der Waals surface area contributed by atoms with E-state index in [1.54, 1.807) is 12.1 Å². The number of benzene rings is 1. The van der Waals surface area contributed by atoms with E-state index in [0.29, 0.717) is 5.56 Å². The molecule has 0 fully saturated rings. The molecule has 0 spiro atoms. The van der Waals surface area contributed by atoms with Crippen LogP contribution in [0.15, 0.2) is 35.5 Å². The molecule has 0 saturated heterocycles. The highest BCUT2D eigenvalue weighted by Gasteiger charge is 2.29. The summed E-state index contributed by atoms with van der Waals surface area (Å²) in [6.07, 6.45) is 1.28. The standard InChI is InChI=1S/C10H8ClNO2S/c1-7-2-4-8(5-3-7)9-6-12-10(11)15(9,13)14/h2-6H,1H3. The summed E-state index contributed by atoms with van der Waals surface area (Å²) in [5.41, 5.74) is 1.68. The van der Waals surface area contributed by atoms with E-state index in [4.69, 9.17) is 11.6 Å². The Balaban J connectivity index is 2.49. The summed E-state index contributed by atoms with van der Waals surface area (Å²) in [4.78, 5) is 3.76. The van der Waals surface area contributed by atoms with Gasteiger partial charge in [0.2, 0.25) is 14.3 Å². The second-order valence-electron chi connectivity index (χ2n) is 3.24. The van der Waals surface area contributed by atoms with Crippen molar-refractivity contribution in [3.05, 3.63) is 41.6 Å². The minimum atomic E-state index is -3.56. The molecule has 3 nitrogen and oxygen atoms in total. The topological polar surface area (TPSA) is 46.5 Å². The molecule has 0 saturated carbocycles. The number of aliphatic imine (C=N–C) groups is 1. The molecule has 0 atom stereocenters. The van der Waals surface area contributed by atoms with Crippen LogP contribution in [0.3, 0.4) is 0 Å². The Hall–Kier alpha value is -1.13. The molecule has 1 aliphatic heterocycles. The fraction of sp³-hybridized carbons (Fsp3) is 0.100. The molecule has 1 aromatic carbocycles. The van der Waals surface area contributed by atoms with E-state index < -0.39 is 9.84 Å². The molecule has 0 radical (unpaired) electrons. The normalized spacial score (nSPS) is 18.5. The zero-order valence-corrected chi connectivity index (χ0v) is 9.51. The third-order valence-electron chi connectivity index (χ3n) is 2.13. The van der Waals surface area contributed by atoms with Gasteiger partial charge in [-0.3, -0.25) is 0 Å². The highest BCUT2D eigenvalue weighted by Crippen LogP contribution is 2.28. The number of sulfone groups is 1. The molecule has 0 unspecified atom stereocenters. The Morgan fingerprint density at radius 3 is 2.27 bits per heavy atom. The van der Waals surface area contributed by atoms with Crippen molar-refractivity contribution in [2.45, 2.75) is 6.92 Å². The van der Waals surface area contributed by atoms with E-state index in [-0.39, 0.29) is 9.41 Å². The van der Waals surface area contributed by atoms with Crippen LogP contribution < -0.4 is 0 Å². The quantitative estimate of drug-likeness (QED) is 0.758. The maximum absolute atomic E-state index is 11.6. The van der Waals surface area contributed by atoms with Gasteiger partial charge in [0, 0.05) is 6.20 Å². The molecule has 0 amide bonds. The van der Waals surface area contributed by atoms with Gasteiger partial charge >= 0.3 is 0 Å². The molecule has 15 heavy (non-hydrogen) atoms. The van der Waals surface area contributed by atoms with Crippen molar-refractivity contribution in [1.82, 2.24) is 0 Å². The van der Waals surface area contributed by atoms with Crippen molar-refractivity contribution >= 4 is 30.8 Å². The van der Waals surface area contributed by atoms with Crippen LogP contribution in [0.5, 0.6) is 0 Å². The van der Waals surface area contributed by atoms with Crippen LogP contribution in [0.25, 0.3) is 4.91 Å². The molecule has 0 aliphatic carbocycles. The Morgan fingerprint density at radius 2 is 1.80 bits per heavy atom. The molecule has 0 aromatic heterocycles. The number of rotatable bonds is 1. The Bertz CT molecular complexity index is 556. The van der Waals surface area contributed by atoms with Gasteiger partial charge in [0.25, 0.3) is 0 Å². The minimum absolute atomic E-state index is 0.160. The second kappa shape index (κ2) is 3.47. The molecule has 1 aromatic rings. The van der Waals surface area contributed by atoms with Gasteiger partial charge in [-0.05, 0) is 24.1 Å². The maximum atomic E-state index is 11.6. The maximum Gasteiger partial charge on any atom is 0.237 e. The van der Waals surface area contributed by atoms with Crippen molar-refractivity contribution in [2.75, 3.05) is 0 Å². The lowest BCUT2D eigenvalue weighted by molar-refractivity contribution is 0.617. The van der Waals surface area contributed by atoms with Crippen LogP contribution in [0.1, 0.15) is 11.1 Å². The molecular weight excluding hydrogens is 234 g/mol. The van der Waals surface area contributed by atoms with Gasteiger partial charge in [-0.25, -0.2) is 13.4 Å². The molecule has 78 valence electrons. The van der Waals surface area contributed by atoms with Crippen LogP contribution in [-0.2, 0) is 9.84 Å². The van der Waals surface area contributed by atoms with E-state index in [0.717, 1.165) is 5.56 Å². The summed E-state index contributed by atoms with van der Waals surface area (Å²) in [6.45, 7) is 1.94. The average molecular weight is 242 g/mol. The van der Waals surface area contributed by atoms with Crippen LogP contribution in [0.2, 0.25) is 0 Å². The van der Waals surface area contributed by atoms with Gasteiger partial charge in [-0.2, -0.15) is 0 Å². The molecular formula is C10H8ClNO2S. The number of halogens is 1. The molecule has 1 heterocycles. The van der Waals surface area contributed by atoms with Crippen LogP contribution in [-0.4, -0.2) is 12.9 Å². The summed E-state index contributed by atoms with van der Waals surface area (Å²) in [5.74, 6) is 0. The van der Waals surface area contributed by atoms with E-state index in [1.807, 2.05) is 19.1 Å². The van der Waals surface area contributed by atoms with Gasteiger partial charge in [0.05, 0.1) is 4.91 Å². The van der Waals surface area contributed by atoms with E-state index in [9.17, 15) is 8.42 Å². The first-order valence-electron chi connectivity index (χ1n) is 4.27. The van der Waals surface area contributed by atoms with Gasteiger partial charge in [-0.15, -0.1) is 0 Å². The highest BCUT2D eigenvalue weighted by molar-refractivity contribution is 8.17. The highest BCUT2D eigenvalue weighted by atomic mass is 35.5. The lowest BCUT2D eigenvalue weighted by Crippen LogP contribution is -2.06. The summed E-state index contributed by atoms with van der Waals surface area (Å²) in [7, 11) is -3.56. The van der Waals surface area contributed by atoms with Crippen molar-refractivity contribution in [1.29, 1.82) is 0 Å². The molecule has 1 aliphatic rings. The Morgan fingerprint density at radius 1 is 1.20 bits per heavy atom. The van der Waals surface area contributed by atoms with Crippen LogP contribution in [0, 0.1) is 6.92 Å². The van der Waals surface area contributed by atoms with Gasteiger partial charge in [-0.1, -0.05) is 29.8 Å². The molecule has 2 rings (SSSR count). The first-order chi connectivity index (χ1) is 7.01. The zero-order valence-electron chi connectivity index (χ0n) is 7.94. The first-order valence-corrected chi connectivity index (χ1v) is 6.13. The monoisotopic (exact) mass is 241 g/mol. The Kier molecular flexibility index (Phi) is 2.40. The van der Waals surface area contributed by atoms with E-state index in [1.165, 1.54) is 6.20 Å². The SMILES string of the molecule is Cc1ccc(C2=CN=C(Cl)S2(=O)=O)cc1. The third kappa shape index (κ3) is 1.70. The van der Waals surface area contributed by atoms with Crippen LogP contribution >= 0.6 is 11.6 Å². The van der Waals surface area contributed by atoms with Crippen molar-refractivity contribution < 1.29 is 8.42 Å². The molecule has 0 N–H and O–H groups in total. The van der Waals surface area contributed by atoms with Gasteiger partial charge in [0.1, 0.15) is 0 Å².